The number of carboxylic acids is 1. The molecule has 2 aliphatic rings. The number of carbonyl (C=O) groups excluding carboxylic acids is 1. The van der Waals surface area contributed by atoms with Gasteiger partial charge < -0.3 is 24.5 Å². The number of hydrogen-bond acceptors (Lipinski definition) is 7. The van der Waals surface area contributed by atoms with Crippen LogP contribution in [0.15, 0.2) is 42.9 Å². The third kappa shape index (κ3) is 6.87. The second-order valence-electron chi connectivity index (χ2n) is 12.1. The van der Waals surface area contributed by atoms with Gasteiger partial charge in [-0.05, 0) is 82.7 Å². The minimum Gasteiger partial charge on any atom is -0.482 e. The Labute approximate surface area is 240 Å². The zero-order valence-electron chi connectivity index (χ0n) is 24.4. The van der Waals surface area contributed by atoms with Gasteiger partial charge in [0.05, 0.1) is 16.8 Å². The fourth-order valence-electron chi connectivity index (χ4n) is 5.24. The van der Waals surface area contributed by atoms with Gasteiger partial charge in [0.15, 0.2) is 6.10 Å². The summed E-state index contributed by atoms with van der Waals surface area (Å²) in [4.78, 5) is 41.0. The highest BCUT2D eigenvalue weighted by molar-refractivity contribution is 5.91. The first-order chi connectivity index (χ1) is 19.5. The number of imidazole rings is 1. The van der Waals surface area contributed by atoms with Crippen LogP contribution in [0.1, 0.15) is 79.7 Å². The van der Waals surface area contributed by atoms with Crippen LogP contribution >= 0.6 is 0 Å². The van der Waals surface area contributed by atoms with Crippen molar-refractivity contribution in [1.29, 1.82) is 0 Å². The van der Waals surface area contributed by atoms with Gasteiger partial charge in [-0.1, -0.05) is 6.07 Å². The van der Waals surface area contributed by atoms with E-state index in [4.69, 9.17) is 14.5 Å². The number of piperazine rings is 1. The van der Waals surface area contributed by atoms with Crippen LogP contribution in [0.2, 0.25) is 0 Å². The van der Waals surface area contributed by atoms with Crippen molar-refractivity contribution in [3.8, 4) is 17.1 Å². The van der Waals surface area contributed by atoms with Gasteiger partial charge in [-0.2, -0.15) is 0 Å². The summed E-state index contributed by atoms with van der Waals surface area (Å²) in [5, 5.41) is 9.75. The standard InChI is InChI=1S/C31H39N5O5/c1-19-14-26(24(15-23(19)29(37)38)28-32-10-11-33-28)40-27(25-9-8-22(16-34-25)21-6-7-21)18-35-12-13-36(20(2)17-35)30(39)41-31(3,4)5/h8-11,14-16,20-21,27H,6-7,12-13,17-18H2,1-5H3,(H,32,33)(H,37,38)/t20-,27?/m1/s1. The maximum absolute atomic E-state index is 12.8. The average molecular weight is 562 g/mol. The molecule has 1 aromatic carbocycles. The van der Waals surface area contributed by atoms with Gasteiger partial charge in [0.1, 0.15) is 17.2 Å². The molecule has 10 nitrogen and oxygen atoms in total. The molecule has 0 bridgehead atoms. The molecule has 1 saturated carbocycles. The molecular weight excluding hydrogens is 522 g/mol. The SMILES string of the molecule is Cc1cc(OC(CN2CCN(C(=O)OC(C)(C)C)[C@H](C)C2)c2ccc(C3CC3)cn2)c(-c2ncc[nH]2)cc1C(=O)O. The Hall–Kier alpha value is -3.92. The third-order valence-electron chi connectivity index (χ3n) is 7.53. The van der Waals surface area contributed by atoms with E-state index in [1.165, 1.54) is 18.4 Å². The molecule has 41 heavy (non-hydrogen) atoms. The highest BCUT2D eigenvalue weighted by atomic mass is 16.6. The van der Waals surface area contributed by atoms with E-state index in [1.807, 2.05) is 40.0 Å². The van der Waals surface area contributed by atoms with Crippen molar-refractivity contribution >= 4 is 12.1 Å². The Morgan fingerprint density at radius 1 is 1.17 bits per heavy atom. The largest absolute Gasteiger partial charge is 0.482 e. The van der Waals surface area contributed by atoms with Crippen LogP contribution in [-0.2, 0) is 4.74 Å². The molecule has 2 N–H and O–H groups in total. The summed E-state index contributed by atoms with van der Waals surface area (Å²) in [5.74, 6) is 0.640. The van der Waals surface area contributed by atoms with Gasteiger partial charge in [0, 0.05) is 50.8 Å². The molecule has 1 aliphatic heterocycles. The smallest absolute Gasteiger partial charge is 0.410 e. The van der Waals surface area contributed by atoms with Crippen molar-refractivity contribution in [3.63, 3.8) is 0 Å². The van der Waals surface area contributed by atoms with E-state index >= 15 is 0 Å². The number of benzene rings is 1. The summed E-state index contributed by atoms with van der Waals surface area (Å²) in [6, 6.07) is 7.49. The predicted octanol–water partition coefficient (Wildman–Crippen LogP) is 5.42. The van der Waals surface area contributed by atoms with Crippen LogP contribution in [0.25, 0.3) is 11.4 Å². The zero-order valence-corrected chi connectivity index (χ0v) is 24.4. The number of aromatic amines is 1. The van der Waals surface area contributed by atoms with Crippen LogP contribution in [-0.4, -0.2) is 79.7 Å². The van der Waals surface area contributed by atoms with E-state index in [0.717, 1.165) is 5.69 Å². The normalized spacial score (nSPS) is 18.7. The fourth-order valence-corrected chi connectivity index (χ4v) is 5.24. The molecule has 2 fully saturated rings. The lowest BCUT2D eigenvalue weighted by Gasteiger charge is -2.41. The number of pyridine rings is 1. The lowest BCUT2D eigenvalue weighted by atomic mass is 10.0. The van der Waals surface area contributed by atoms with Crippen molar-refractivity contribution in [2.45, 2.75) is 71.1 Å². The van der Waals surface area contributed by atoms with Gasteiger partial charge in [0.2, 0.25) is 0 Å². The van der Waals surface area contributed by atoms with Crippen LogP contribution in [0.3, 0.4) is 0 Å². The van der Waals surface area contributed by atoms with Crippen molar-refractivity contribution in [1.82, 2.24) is 24.8 Å². The third-order valence-corrected chi connectivity index (χ3v) is 7.53. The second-order valence-corrected chi connectivity index (χ2v) is 12.1. The molecule has 0 spiro atoms. The first-order valence-electron chi connectivity index (χ1n) is 14.2. The van der Waals surface area contributed by atoms with Crippen molar-refractivity contribution in [2.24, 2.45) is 0 Å². The summed E-state index contributed by atoms with van der Waals surface area (Å²) >= 11 is 0. The number of carbonyl (C=O) groups is 2. The number of aromatic nitrogens is 3. The first kappa shape index (κ1) is 28.6. The van der Waals surface area contributed by atoms with E-state index in [9.17, 15) is 14.7 Å². The Balaban J connectivity index is 1.41. The molecule has 2 aromatic heterocycles. The van der Waals surface area contributed by atoms with Crippen LogP contribution in [0.5, 0.6) is 5.75 Å². The molecule has 3 aromatic rings. The maximum atomic E-state index is 12.8. The summed E-state index contributed by atoms with van der Waals surface area (Å²) in [6.45, 7) is 11.8. The Morgan fingerprint density at radius 3 is 2.54 bits per heavy atom. The van der Waals surface area contributed by atoms with Crippen LogP contribution < -0.4 is 4.74 Å². The van der Waals surface area contributed by atoms with Crippen LogP contribution in [0, 0.1) is 6.92 Å². The number of H-pyrrole nitrogens is 1. The molecule has 1 amide bonds. The van der Waals surface area contributed by atoms with Crippen molar-refractivity contribution < 1.29 is 24.2 Å². The summed E-state index contributed by atoms with van der Waals surface area (Å²) in [5.41, 5.74) is 2.84. The fraction of sp³-hybridized carbons (Fsp3) is 0.484. The first-order valence-corrected chi connectivity index (χ1v) is 14.2. The molecule has 0 radical (unpaired) electrons. The number of nitrogens with one attached hydrogen (secondary N) is 1. The molecule has 3 heterocycles. The van der Waals surface area contributed by atoms with Gasteiger partial charge in [0.25, 0.3) is 0 Å². The van der Waals surface area contributed by atoms with E-state index in [-0.39, 0.29) is 17.7 Å². The van der Waals surface area contributed by atoms with Crippen molar-refractivity contribution in [2.75, 3.05) is 26.2 Å². The lowest BCUT2D eigenvalue weighted by Crippen LogP contribution is -2.55. The number of nitrogens with zero attached hydrogens (tertiary/aromatic N) is 4. The number of aromatic carboxylic acids is 1. The average Bonchev–Trinajstić information content (AvgIpc) is 3.61. The number of rotatable bonds is 8. The van der Waals surface area contributed by atoms with Gasteiger partial charge >= 0.3 is 12.1 Å². The van der Waals surface area contributed by atoms with Gasteiger partial charge in [-0.25, -0.2) is 14.6 Å². The maximum Gasteiger partial charge on any atom is 0.410 e. The zero-order chi connectivity index (χ0) is 29.3. The molecule has 10 heteroatoms. The monoisotopic (exact) mass is 561 g/mol. The molecule has 1 unspecified atom stereocenters. The molecular formula is C31H39N5O5. The quantitative estimate of drug-likeness (QED) is 0.374. The van der Waals surface area contributed by atoms with E-state index < -0.39 is 17.7 Å². The minimum absolute atomic E-state index is 0.0415. The lowest BCUT2D eigenvalue weighted by molar-refractivity contribution is -0.00314. The minimum atomic E-state index is -1.01. The summed E-state index contributed by atoms with van der Waals surface area (Å²) in [7, 11) is 0. The summed E-state index contributed by atoms with van der Waals surface area (Å²) < 4.78 is 12.3. The Bertz CT molecular complexity index is 1380. The number of carboxylic acid groups (broad SMARTS) is 1. The number of ether oxygens (including phenoxy) is 2. The Morgan fingerprint density at radius 2 is 1.95 bits per heavy atom. The van der Waals surface area contributed by atoms with E-state index in [2.05, 4.69) is 20.9 Å². The van der Waals surface area contributed by atoms with E-state index in [1.54, 1.807) is 36.4 Å². The van der Waals surface area contributed by atoms with Crippen molar-refractivity contribution in [3.05, 3.63) is 65.2 Å². The van der Waals surface area contributed by atoms with Crippen LogP contribution in [0.4, 0.5) is 4.79 Å². The molecule has 1 saturated heterocycles. The number of aryl methyl sites for hydroxylation is 1. The highest BCUT2D eigenvalue weighted by Crippen LogP contribution is 2.40. The second kappa shape index (κ2) is 11.5. The topological polar surface area (TPSA) is 121 Å². The highest BCUT2D eigenvalue weighted by Gasteiger charge is 2.33. The van der Waals surface area contributed by atoms with Gasteiger partial charge in [-0.15, -0.1) is 0 Å². The molecule has 218 valence electrons. The van der Waals surface area contributed by atoms with E-state index in [0.29, 0.717) is 54.8 Å². The Kier molecular flexibility index (Phi) is 8.04. The molecule has 5 rings (SSSR count). The molecule has 2 atom stereocenters. The predicted molar refractivity (Wildman–Crippen MR) is 154 cm³/mol. The number of hydrogen-bond donors (Lipinski definition) is 2. The van der Waals surface area contributed by atoms with Gasteiger partial charge in [-0.3, -0.25) is 9.88 Å². The summed E-state index contributed by atoms with van der Waals surface area (Å²) in [6.07, 6.45) is 6.92. The number of amides is 1. The molecule has 1 aliphatic carbocycles.